The number of nitrogen functional groups attached to an aromatic ring is 1. The van der Waals surface area contributed by atoms with E-state index in [2.05, 4.69) is 0 Å². The summed E-state index contributed by atoms with van der Waals surface area (Å²) in [6, 6.07) is 3.71. The van der Waals surface area contributed by atoms with E-state index >= 15 is 0 Å². The van der Waals surface area contributed by atoms with Gasteiger partial charge in [-0.25, -0.2) is 0 Å². The molecule has 144 valence electrons. The molecule has 0 heterocycles. The standard InChI is InChI=1S/C17H19N3O7/c1-4-26-14(22)8-17(10(3)21,16(23)27-5-2)12-6-7-13(20(24)25)15(19)11(12)9-18/h6-7H,4-5,8,19H2,1-3H3. The van der Waals surface area contributed by atoms with Gasteiger partial charge in [-0.05, 0) is 32.4 Å². The fourth-order valence-electron chi connectivity index (χ4n) is 2.66. The van der Waals surface area contributed by atoms with Crippen molar-refractivity contribution in [3.63, 3.8) is 0 Å². The molecule has 1 aromatic rings. The first-order chi connectivity index (χ1) is 12.7. The number of nitriles is 1. The van der Waals surface area contributed by atoms with Crippen molar-refractivity contribution in [3.8, 4) is 6.07 Å². The van der Waals surface area contributed by atoms with Crippen LogP contribution in [0.1, 0.15) is 38.3 Å². The average Bonchev–Trinajstić information content (AvgIpc) is 2.59. The third kappa shape index (κ3) is 4.03. The summed E-state index contributed by atoms with van der Waals surface area (Å²) in [6.07, 6.45) is -0.735. The Morgan fingerprint density at radius 3 is 2.30 bits per heavy atom. The molecule has 1 rings (SSSR count). The van der Waals surface area contributed by atoms with Gasteiger partial charge in [0.15, 0.2) is 11.2 Å². The summed E-state index contributed by atoms with van der Waals surface area (Å²) in [4.78, 5) is 47.6. The molecule has 0 spiro atoms. The van der Waals surface area contributed by atoms with E-state index in [0.29, 0.717) is 0 Å². The SMILES string of the molecule is CCOC(=O)CC(C(C)=O)(C(=O)OCC)c1ccc([N+](=O)[O-])c(N)c1C#N. The molecule has 0 aliphatic heterocycles. The first-order valence-electron chi connectivity index (χ1n) is 7.98. The lowest BCUT2D eigenvalue weighted by atomic mass is 9.72. The summed E-state index contributed by atoms with van der Waals surface area (Å²) < 4.78 is 9.81. The maximum absolute atomic E-state index is 12.7. The Hall–Kier alpha value is -3.48. The Morgan fingerprint density at radius 2 is 1.85 bits per heavy atom. The minimum atomic E-state index is -2.21. The second kappa shape index (κ2) is 8.75. The summed E-state index contributed by atoms with van der Waals surface area (Å²) >= 11 is 0. The number of nitrogens with two attached hydrogens (primary N) is 1. The Balaban J connectivity index is 3.83. The quantitative estimate of drug-likeness (QED) is 0.232. The molecule has 27 heavy (non-hydrogen) atoms. The lowest BCUT2D eigenvalue weighted by Gasteiger charge is -2.29. The third-order valence-corrected chi connectivity index (χ3v) is 3.93. The molecule has 2 N–H and O–H groups in total. The molecule has 0 amide bonds. The summed E-state index contributed by atoms with van der Waals surface area (Å²) in [5.41, 5.74) is 1.73. The molecule has 10 heteroatoms. The van der Waals surface area contributed by atoms with Crippen LogP contribution in [-0.4, -0.2) is 35.9 Å². The van der Waals surface area contributed by atoms with Crippen LogP contribution in [0.3, 0.4) is 0 Å². The number of benzene rings is 1. The van der Waals surface area contributed by atoms with Gasteiger partial charge in [0.2, 0.25) is 0 Å². The van der Waals surface area contributed by atoms with Gasteiger partial charge in [-0.15, -0.1) is 0 Å². The van der Waals surface area contributed by atoms with Crippen LogP contribution < -0.4 is 5.73 Å². The molecule has 0 fully saturated rings. The van der Waals surface area contributed by atoms with Gasteiger partial charge < -0.3 is 15.2 Å². The lowest BCUT2D eigenvalue weighted by Crippen LogP contribution is -2.46. The van der Waals surface area contributed by atoms with Gasteiger partial charge in [-0.2, -0.15) is 5.26 Å². The molecule has 0 bridgehead atoms. The van der Waals surface area contributed by atoms with Crippen LogP contribution >= 0.6 is 0 Å². The van der Waals surface area contributed by atoms with E-state index in [0.717, 1.165) is 19.1 Å². The maximum Gasteiger partial charge on any atom is 0.324 e. The van der Waals surface area contributed by atoms with Crippen LogP contribution in [0.15, 0.2) is 12.1 Å². The van der Waals surface area contributed by atoms with Crippen molar-refractivity contribution in [2.75, 3.05) is 18.9 Å². The number of nitrogens with zero attached hydrogens (tertiary/aromatic N) is 2. The molecule has 0 aliphatic rings. The minimum absolute atomic E-state index is 0.00313. The fourth-order valence-corrected chi connectivity index (χ4v) is 2.66. The zero-order chi connectivity index (χ0) is 20.8. The van der Waals surface area contributed by atoms with Crippen molar-refractivity contribution in [2.45, 2.75) is 32.6 Å². The molecular weight excluding hydrogens is 358 g/mol. The monoisotopic (exact) mass is 377 g/mol. The van der Waals surface area contributed by atoms with Gasteiger partial charge in [0, 0.05) is 6.07 Å². The van der Waals surface area contributed by atoms with E-state index in [9.17, 15) is 29.8 Å². The number of ether oxygens (including phenoxy) is 2. The topological polar surface area (TPSA) is 163 Å². The first kappa shape index (κ1) is 21.6. The number of anilines is 1. The average molecular weight is 377 g/mol. The largest absolute Gasteiger partial charge is 0.466 e. The third-order valence-electron chi connectivity index (χ3n) is 3.93. The van der Waals surface area contributed by atoms with Crippen LogP contribution in [-0.2, 0) is 29.3 Å². The fraction of sp³-hybridized carbons (Fsp3) is 0.412. The van der Waals surface area contributed by atoms with Crippen LogP contribution in [0.5, 0.6) is 0 Å². The van der Waals surface area contributed by atoms with Crippen LogP contribution in [0.2, 0.25) is 0 Å². The molecule has 1 atom stereocenters. The Labute approximate surface area is 155 Å². The second-order valence-corrected chi connectivity index (χ2v) is 5.45. The van der Waals surface area contributed by atoms with E-state index in [1.165, 1.54) is 6.92 Å². The minimum Gasteiger partial charge on any atom is -0.466 e. The number of ketones is 1. The van der Waals surface area contributed by atoms with Gasteiger partial charge in [0.25, 0.3) is 5.69 Å². The van der Waals surface area contributed by atoms with E-state index in [1.54, 1.807) is 13.0 Å². The predicted molar refractivity (Wildman–Crippen MR) is 92.5 cm³/mol. The van der Waals surface area contributed by atoms with E-state index < -0.39 is 51.4 Å². The highest BCUT2D eigenvalue weighted by Gasteiger charge is 2.51. The Bertz CT molecular complexity index is 829. The maximum atomic E-state index is 12.7. The second-order valence-electron chi connectivity index (χ2n) is 5.45. The lowest BCUT2D eigenvalue weighted by molar-refractivity contribution is -0.383. The molecule has 1 unspecified atom stereocenters. The van der Waals surface area contributed by atoms with Crippen molar-refractivity contribution >= 4 is 29.1 Å². The summed E-state index contributed by atoms with van der Waals surface area (Å²) in [5.74, 6) is -2.74. The number of carbonyl (C=O) groups excluding carboxylic acids is 3. The van der Waals surface area contributed by atoms with Crippen molar-refractivity contribution in [1.82, 2.24) is 0 Å². The van der Waals surface area contributed by atoms with Crippen molar-refractivity contribution in [2.24, 2.45) is 0 Å². The van der Waals surface area contributed by atoms with Crippen molar-refractivity contribution in [1.29, 1.82) is 5.26 Å². The Morgan fingerprint density at radius 1 is 1.26 bits per heavy atom. The number of hydrogen-bond acceptors (Lipinski definition) is 9. The van der Waals surface area contributed by atoms with Gasteiger partial charge in [-0.1, -0.05) is 0 Å². The van der Waals surface area contributed by atoms with Gasteiger partial charge in [0.05, 0.1) is 30.1 Å². The van der Waals surface area contributed by atoms with E-state index in [-0.39, 0.29) is 18.8 Å². The van der Waals surface area contributed by atoms with Gasteiger partial charge >= 0.3 is 11.9 Å². The smallest absolute Gasteiger partial charge is 0.324 e. The summed E-state index contributed by atoms with van der Waals surface area (Å²) in [7, 11) is 0. The highest BCUT2D eigenvalue weighted by atomic mass is 16.6. The van der Waals surface area contributed by atoms with Crippen molar-refractivity contribution < 1.29 is 28.8 Å². The van der Waals surface area contributed by atoms with Crippen LogP contribution in [0.4, 0.5) is 11.4 Å². The van der Waals surface area contributed by atoms with Gasteiger partial charge in [-0.3, -0.25) is 24.5 Å². The number of nitro groups is 1. The molecule has 0 saturated heterocycles. The number of Topliss-reactive ketones (excluding diaryl/α,β-unsaturated/α-hetero) is 1. The van der Waals surface area contributed by atoms with Crippen molar-refractivity contribution in [3.05, 3.63) is 33.4 Å². The van der Waals surface area contributed by atoms with E-state index in [4.69, 9.17) is 15.2 Å². The van der Waals surface area contributed by atoms with Gasteiger partial charge in [0.1, 0.15) is 11.8 Å². The van der Waals surface area contributed by atoms with Crippen LogP contribution in [0.25, 0.3) is 0 Å². The summed E-state index contributed by atoms with van der Waals surface area (Å²) in [5, 5.41) is 20.5. The Kier molecular flexibility index (Phi) is 6.99. The number of esters is 2. The molecule has 10 nitrogen and oxygen atoms in total. The zero-order valence-corrected chi connectivity index (χ0v) is 15.1. The number of carbonyl (C=O) groups is 3. The normalized spacial score (nSPS) is 12.4. The highest BCUT2D eigenvalue weighted by molar-refractivity contribution is 6.12. The molecule has 0 aromatic heterocycles. The zero-order valence-electron chi connectivity index (χ0n) is 15.1. The molecule has 0 saturated carbocycles. The number of rotatable bonds is 8. The molecular formula is C17H19N3O7. The highest BCUT2D eigenvalue weighted by Crippen LogP contribution is 2.39. The van der Waals surface area contributed by atoms with Crippen LogP contribution in [0, 0.1) is 21.4 Å². The first-order valence-corrected chi connectivity index (χ1v) is 7.98. The molecule has 0 aliphatic carbocycles. The van der Waals surface area contributed by atoms with E-state index in [1.807, 2.05) is 0 Å². The molecule has 1 aromatic carbocycles. The molecule has 0 radical (unpaired) electrons. The number of nitro benzene ring substituents is 1. The number of hydrogen-bond donors (Lipinski definition) is 1. The summed E-state index contributed by atoms with van der Waals surface area (Å²) in [6.45, 7) is 4.00. The predicted octanol–water partition coefficient (Wildman–Crippen LogP) is 1.39.